The highest BCUT2D eigenvalue weighted by molar-refractivity contribution is 5.89. The van der Waals surface area contributed by atoms with Crippen LogP contribution < -0.4 is 14.2 Å². The molecule has 0 radical (unpaired) electrons. The van der Waals surface area contributed by atoms with E-state index in [9.17, 15) is 0 Å². The molecule has 0 fully saturated rings. The first-order valence-corrected chi connectivity index (χ1v) is 10.6. The molecular formula is C27H23N3O3. The van der Waals surface area contributed by atoms with Crippen LogP contribution in [0.3, 0.4) is 0 Å². The third kappa shape index (κ3) is 4.28. The predicted molar refractivity (Wildman–Crippen MR) is 128 cm³/mol. The van der Waals surface area contributed by atoms with Gasteiger partial charge < -0.3 is 14.2 Å². The number of hydrogen-bond donors (Lipinski definition) is 0. The summed E-state index contributed by atoms with van der Waals surface area (Å²) in [6.07, 6.45) is 7.90. The van der Waals surface area contributed by atoms with Gasteiger partial charge in [0.25, 0.3) is 0 Å². The van der Waals surface area contributed by atoms with Gasteiger partial charge >= 0.3 is 0 Å². The fourth-order valence-electron chi connectivity index (χ4n) is 3.91. The summed E-state index contributed by atoms with van der Waals surface area (Å²) < 4.78 is 17.0. The molecule has 3 aromatic heterocycles. The van der Waals surface area contributed by atoms with Gasteiger partial charge in [-0.2, -0.15) is 0 Å². The van der Waals surface area contributed by atoms with Gasteiger partial charge in [-0.05, 0) is 41.3 Å². The van der Waals surface area contributed by atoms with Gasteiger partial charge in [0.05, 0.1) is 14.2 Å². The Labute approximate surface area is 191 Å². The molecule has 5 aromatic rings. The number of pyridine rings is 3. The van der Waals surface area contributed by atoms with E-state index in [4.69, 9.17) is 19.2 Å². The summed E-state index contributed by atoms with van der Waals surface area (Å²) in [4.78, 5) is 13.5. The van der Waals surface area contributed by atoms with Gasteiger partial charge in [-0.1, -0.05) is 24.3 Å². The van der Waals surface area contributed by atoms with Crippen LogP contribution in [0, 0.1) is 0 Å². The number of para-hydroxylation sites is 1. The van der Waals surface area contributed by atoms with Gasteiger partial charge in [-0.3, -0.25) is 9.97 Å². The molecule has 2 aromatic carbocycles. The Balaban J connectivity index is 1.49. The van der Waals surface area contributed by atoms with Gasteiger partial charge in [0.1, 0.15) is 17.9 Å². The molecule has 0 aliphatic rings. The first-order chi connectivity index (χ1) is 16.2. The number of benzene rings is 2. The van der Waals surface area contributed by atoms with E-state index in [0.29, 0.717) is 24.5 Å². The molecule has 164 valence electrons. The smallest absolute Gasteiger partial charge is 0.161 e. The number of aromatic nitrogens is 3. The van der Waals surface area contributed by atoms with E-state index in [0.717, 1.165) is 44.2 Å². The highest BCUT2D eigenvalue weighted by atomic mass is 16.5. The van der Waals surface area contributed by atoms with Crippen molar-refractivity contribution in [2.24, 2.45) is 0 Å². The van der Waals surface area contributed by atoms with Crippen molar-refractivity contribution >= 4 is 21.7 Å². The SMILES string of the molecule is COc1cc2cncc(Cc3ccc4cccc(OCc5cccnc5)c4n3)c2cc1OC. The van der Waals surface area contributed by atoms with Crippen molar-refractivity contribution in [3.63, 3.8) is 0 Å². The molecule has 0 spiro atoms. The minimum atomic E-state index is 0.438. The van der Waals surface area contributed by atoms with Crippen LogP contribution in [0.2, 0.25) is 0 Å². The van der Waals surface area contributed by atoms with Crippen LogP contribution in [-0.4, -0.2) is 29.2 Å². The Morgan fingerprint density at radius 3 is 2.45 bits per heavy atom. The number of ether oxygens (including phenoxy) is 3. The number of hydrogen-bond acceptors (Lipinski definition) is 6. The lowest BCUT2D eigenvalue weighted by Gasteiger charge is -2.12. The van der Waals surface area contributed by atoms with Crippen LogP contribution in [-0.2, 0) is 13.0 Å². The van der Waals surface area contributed by atoms with Crippen LogP contribution in [0.4, 0.5) is 0 Å². The Hall–Kier alpha value is -4.19. The third-order valence-electron chi connectivity index (χ3n) is 5.58. The summed E-state index contributed by atoms with van der Waals surface area (Å²) in [6.45, 7) is 0.438. The predicted octanol–water partition coefficient (Wildman–Crippen LogP) is 5.37. The second kappa shape index (κ2) is 9.12. The molecule has 0 bridgehead atoms. The summed E-state index contributed by atoms with van der Waals surface area (Å²) in [6, 6.07) is 17.9. The van der Waals surface area contributed by atoms with E-state index in [1.165, 1.54) is 0 Å². The Kier molecular flexibility index (Phi) is 5.72. The zero-order valence-corrected chi connectivity index (χ0v) is 18.5. The Morgan fingerprint density at radius 1 is 0.758 bits per heavy atom. The van der Waals surface area contributed by atoms with Crippen molar-refractivity contribution in [1.82, 2.24) is 15.0 Å². The molecule has 0 aliphatic heterocycles. The first-order valence-electron chi connectivity index (χ1n) is 10.6. The van der Waals surface area contributed by atoms with E-state index in [-0.39, 0.29) is 0 Å². The lowest BCUT2D eigenvalue weighted by molar-refractivity contribution is 0.309. The largest absolute Gasteiger partial charge is 0.493 e. The summed E-state index contributed by atoms with van der Waals surface area (Å²) in [7, 11) is 3.27. The quantitative estimate of drug-likeness (QED) is 0.341. The van der Waals surface area contributed by atoms with Crippen LogP contribution in [0.5, 0.6) is 17.2 Å². The average Bonchev–Trinajstić information content (AvgIpc) is 2.87. The molecule has 0 saturated heterocycles. The fourth-order valence-corrected chi connectivity index (χ4v) is 3.91. The third-order valence-corrected chi connectivity index (χ3v) is 5.58. The topological polar surface area (TPSA) is 66.4 Å². The van der Waals surface area contributed by atoms with Gasteiger partial charge in [-0.15, -0.1) is 0 Å². The van der Waals surface area contributed by atoms with Crippen LogP contribution in [0.15, 0.2) is 79.4 Å². The monoisotopic (exact) mass is 437 g/mol. The number of nitrogens with zero attached hydrogens (tertiary/aromatic N) is 3. The summed E-state index contributed by atoms with van der Waals surface area (Å²) in [5.41, 5.74) is 3.85. The lowest BCUT2D eigenvalue weighted by atomic mass is 10.0. The van der Waals surface area contributed by atoms with Crippen molar-refractivity contribution in [2.45, 2.75) is 13.0 Å². The molecular weight excluding hydrogens is 414 g/mol. The fraction of sp³-hybridized carbons (Fsp3) is 0.148. The van der Waals surface area contributed by atoms with Crippen molar-refractivity contribution in [3.05, 3.63) is 96.2 Å². The zero-order chi connectivity index (χ0) is 22.6. The van der Waals surface area contributed by atoms with Crippen LogP contribution in [0.1, 0.15) is 16.8 Å². The Bertz CT molecular complexity index is 1420. The van der Waals surface area contributed by atoms with E-state index < -0.39 is 0 Å². The zero-order valence-electron chi connectivity index (χ0n) is 18.5. The second-order valence-corrected chi connectivity index (χ2v) is 7.68. The molecule has 0 unspecified atom stereocenters. The van der Waals surface area contributed by atoms with E-state index >= 15 is 0 Å². The summed E-state index contributed by atoms with van der Waals surface area (Å²) >= 11 is 0. The first kappa shape index (κ1) is 20.7. The number of methoxy groups -OCH3 is 2. The van der Waals surface area contributed by atoms with Crippen molar-refractivity contribution in [2.75, 3.05) is 14.2 Å². The van der Waals surface area contributed by atoms with E-state index in [1.54, 1.807) is 26.6 Å². The van der Waals surface area contributed by atoms with Crippen LogP contribution in [0.25, 0.3) is 21.7 Å². The van der Waals surface area contributed by atoms with Gasteiger partial charge in [0.2, 0.25) is 0 Å². The Morgan fingerprint density at radius 2 is 1.64 bits per heavy atom. The van der Waals surface area contributed by atoms with E-state index in [2.05, 4.69) is 16.0 Å². The molecule has 5 rings (SSSR count). The summed E-state index contributed by atoms with van der Waals surface area (Å²) in [5, 5.41) is 3.09. The minimum Gasteiger partial charge on any atom is -0.493 e. The maximum absolute atomic E-state index is 6.09. The van der Waals surface area contributed by atoms with Gasteiger partial charge in [0.15, 0.2) is 11.5 Å². The maximum atomic E-state index is 6.09. The highest BCUT2D eigenvalue weighted by Gasteiger charge is 2.12. The minimum absolute atomic E-state index is 0.438. The second-order valence-electron chi connectivity index (χ2n) is 7.68. The molecule has 6 heteroatoms. The molecule has 6 nitrogen and oxygen atoms in total. The highest BCUT2D eigenvalue weighted by Crippen LogP contribution is 2.34. The van der Waals surface area contributed by atoms with Crippen molar-refractivity contribution < 1.29 is 14.2 Å². The van der Waals surface area contributed by atoms with Gasteiger partial charge in [0, 0.05) is 53.2 Å². The van der Waals surface area contributed by atoms with Gasteiger partial charge in [-0.25, -0.2) is 4.98 Å². The summed E-state index contributed by atoms with van der Waals surface area (Å²) in [5.74, 6) is 2.12. The molecule has 0 amide bonds. The molecule has 0 saturated carbocycles. The molecule has 3 heterocycles. The van der Waals surface area contributed by atoms with Crippen molar-refractivity contribution in [3.8, 4) is 17.2 Å². The average molecular weight is 437 g/mol. The molecule has 0 aliphatic carbocycles. The normalized spacial score (nSPS) is 11.0. The van der Waals surface area contributed by atoms with Crippen LogP contribution >= 0.6 is 0 Å². The van der Waals surface area contributed by atoms with Crippen molar-refractivity contribution in [1.29, 1.82) is 0 Å². The molecule has 33 heavy (non-hydrogen) atoms. The maximum Gasteiger partial charge on any atom is 0.161 e. The lowest BCUT2D eigenvalue weighted by Crippen LogP contribution is -1.99. The van der Waals surface area contributed by atoms with E-state index in [1.807, 2.05) is 60.9 Å². The number of fused-ring (bicyclic) bond motifs is 2. The standard InChI is InChI=1S/C27H23N3O3/c1-31-25-12-21-16-29-15-20(23(21)13-26(25)32-2)11-22-9-8-19-6-3-7-24(27(19)30-22)33-17-18-5-4-10-28-14-18/h3-10,12-16H,11,17H2,1-2H3. The molecule has 0 N–H and O–H groups in total. The number of rotatable bonds is 7. The molecule has 0 atom stereocenters.